The summed E-state index contributed by atoms with van der Waals surface area (Å²) in [4.78, 5) is 25.7. The van der Waals surface area contributed by atoms with E-state index in [0.717, 1.165) is 5.56 Å². The second kappa shape index (κ2) is 10.3. The summed E-state index contributed by atoms with van der Waals surface area (Å²) in [6.45, 7) is 4.66. The minimum atomic E-state index is -0.286. The van der Waals surface area contributed by atoms with Crippen LogP contribution in [-0.2, 0) is 16.0 Å². The average molecular weight is 372 g/mol. The first kappa shape index (κ1) is 20.4. The lowest BCUT2D eigenvalue weighted by Crippen LogP contribution is -2.33. The van der Waals surface area contributed by atoms with Crippen molar-refractivity contribution in [2.24, 2.45) is 0 Å². The van der Waals surface area contributed by atoms with E-state index in [1.54, 1.807) is 29.2 Å². The zero-order chi connectivity index (χ0) is 19.6. The number of halogens is 1. The van der Waals surface area contributed by atoms with E-state index in [-0.39, 0.29) is 24.1 Å². The van der Waals surface area contributed by atoms with Crippen molar-refractivity contribution in [3.05, 3.63) is 59.9 Å². The number of para-hydroxylation sites is 2. The van der Waals surface area contributed by atoms with E-state index in [1.807, 2.05) is 19.1 Å². The van der Waals surface area contributed by atoms with Crippen LogP contribution in [-0.4, -0.2) is 36.4 Å². The molecule has 0 saturated carbocycles. The minimum absolute atomic E-state index is 0.0976. The molecule has 0 spiro atoms. The molecule has 6 heteroatoms. The predicted octanol–water partition coefficient (Wildman–Crippen LogP) is 3.64. The van der Waals surface area contributed by atoms with Gasteiger partial charge in [0.1, 0.15) is 11.6 Å². The summed E-state index contributed by atoms with van der Waals surface area (Å²) >= 11 is 0. The van der Waals surface area contributed by atoms with Gasteiger partial charge in [0.05, 0.1) is 12.3 Å². The van der Waals surface area contributed by atoms with Gasteiger partial charge < -0.3 is 15.0 Å². The fourth-order valence-corrected chi connectivity index (χ4v) is 2.64. The van der Waals surface area contributed by atoms with E-state index < -0.39 is 0 Å². The summed E-state index contributed by atoms with van der Waals surface area (Å²) in [5, 5.41) is 2.83. The number of rotatable bonds is 9. The summed E-state index contributed by atoms with van der Waals surface area (Å²) in [5.74, 6) is 0.0501. The van der Waals surface area contributed by atoms with Gasteiger partial charge in [-0.1, -0.05) is 24.3 Å². The molecule has 1 N–H and O–H groups in total. The van der Waals surface area contributed by atoms with Gasteiger partial charge in [0.2, 0.25) is 11.8 Å². The van der Waals surface area contributed by atoms with Crippen LogP contribution in [0.2, 0.25) is 0 Å². The van der Waals surface area contributed by atoms with Crippen LogP contribution in [0.4, 0.5) is 10.1 Å². The molecule has 0 radical (unpaired) electrons. The van der Waals surface area contributed by atoms with Crippen LogP contribution in [0.5, 0.6) is 5.75 Å². The summed E-state index contributed by atoms with van der Waals surface area (Å²) in [7, 11) is 0. The van der Waals surface area contributed by atoms with Gasteiger partial charge in [0, 0.05) is 26.4 Å². The van der Waals surface area contributed by atoms with Crippen molar-refractivity contribution >= 4 is 17.5 Å². The summed E-state index contributed by atoms with van der Waals surface area (Å²) in [6.07, 6.45) is 0.790. The Kier molecular flexibility index (Phi) is 7.79. The van der Waals surface area contributed by atoms with E-state index >= 15 is 0 Å². The van der Waals surface area contributed by atoms with Crippen LogP contribution in [0.1, 0.15) is 25.8 Å². The van der Waals surface area contributed by atoms with Crippen molar-refractivity contribution in [2.75, 3.05) is 25.0 Å². The predicted molar refractivity (Wildman–Crippen MR) is 103 cm³/mol. The van der Waals surface area contributed by atoms with Gasteiger partial charge >= 0.3 is 0 Å². The number of nitrogens with one attached hydrogen (secondary N) is 1. The number of hydrogen-bond donors (Lipinski definition) is 1. The van der Waals surface area contributed by atoms with Crippen molar-refractivity contribution < 1.29 is 18.7 Å². The van der Waals surface area contributed by atoms with Gasteiger partial charge in [-0.15, -0.1) is 0 Å². The van der Waals surface area contributed by atoms with Crippen molar-refractivity contribution in [3.8, 4) is 5.75 Å². The molecule has 27 heavy (non-hydrogen) atoms. The van der Waals surface area contributed by atoms with Crippen LogP contribution >= 0.6 is 0 Å². The highest BCUT2D eigenvalue weighted by atomic mass is 19.1. The van der Waals surface area contributed by atoms with E-state index in [4.69, 9.17) is 4.74 Å². The zero-order valence-electron chi connectivity index (χ0n) is 15.7. The SMILES string of the molecule is CCOc1ccccc1NC(=O)CCN(CCc1ccc(F)cc1)C(C)=O. The van der Waals surface area contributed by atoms with E-state index in [2.05, 4.69) is 5.32 Å². The van der Waals surface area contributed by atoms with Gasteiger partial charge in [-0.2, -0.15) is 0 Å². The van der Waals surface area contributed by atoms with Crippen LogP contribution in [0.3, 0.4) is 0 Å². The molecular formula is C21H25FN2O3. The molecular weight excluding hydrogens is 347 g/mol. The molecule has 2 aromatic carbocycles. The Balaban J connectivity index is 1.87. The van der Waals surface area contributed by atoms with Crippen LogP contribution < -0.4 is 10.1 Å². The van der Waals surface area contributed by atoms with Crippen LogP contribution in [0, 0.1) is 5.82 Å². The van der Waals surface area contributed by atoms with Gasteiger partial charge in [-0.05, 0) is 43.2 Å². The minimum Gasteiger partial charge on any atom is -0.492 e. The van der Waals surface area contributed by atoms with Crippen molar-refractivity contribution in [2.45, 2.75) is 26.7 Å². The first-order chi connectivity index (χ1) is 13.0. The maximum atomic E-state index is 13.0. The zero-order valence-corrected chi connectivity index (χ0v) is 15.7. The van der Waals surface area contributed by atoms with Crippen molar-refractivity contribution in [3.63, 3.8) is 0 Å². The first-order valence-electron chi connectivity index (χ1n) is 9.01. The van der Waals surface area contributed by atoms with Gasteiger partial charge in [-0.25, -0.2) is 4.39 Å². The first-order valence-corrected chi connectivity index (χ1v) is 9.01. The molecule has 0 aliphatic carbocycles. The number of benzene rings is 2. The van der Waals surface area contributed by atoms with Crippen LogP contribution in [0.15, 0.2) is 48.5 Å². The molecule has 2 rings (SSSR count). The quantitative estimate of drug-likeness (QED) is 0.731. The fourth-order valence-electron chi connectivity index (χ4n) is 2.64. The third kappa shape index (κ3) is 6.73. The summed E-state index contributed by atoms with van der Waals surface area (Å²) < 4.78 is 18.5. The molecule has 0 aliphatic heterocycles. The van der Waals surface area contributed by atoms with Gasteiger partial charge in [-0.3, -0.25) is 9.59 Å². The highest BCUT2D eigenvalue weighted by Crippen LogP contribution is 2.23. The molecule has 2 aromatic rings. The third-order valence-corrected chi connectivity index (χ3v) is 4.10. The Labute approximate surface area is 159 Å². The third-order valence-electron chi connectivity index (χ3n) is 4.10. The monoisotopic (exact) mass is 372 g/mol. The van der Waals surface area contributed by atoms with Gasteiger partial charge in [0.25, 0.3) is 0 Å². The highest BCUT2D eigenvalue weighted by Gasteiger charge is 2.13. The maximum Gasteiger partial charge on any atom is 0.226 e. The molecule has 5 nitrogen and oxygen atoms in total. The Morgan fingerprint density at radius 2 is 1.78 bits per heavy atom. The lowest BCUT2D eigenvalue weighted by molar-refractivity contribution is -0.129. The number of anilines is 1. The lowest BCUT2D eigenvalue weighted by Gasteiger charge is -2.21. The molecule has 0 atom stereocenters. The number of carbonyl (C=O) groups is 2. The number of amides is 2. The second-order valence-electron chi connectivity index (χ2n) is 6.11. The summed E-state index contributed by atoms with van der Waals surface area (Å²) in [5.41, 5.74) is 1.56. The Morgan fingerprint density at radius 3 is 2.44 bits per heavy atom. The molecule has 0 heterocycles. The summed E-state index contributed by atoms with van der Waals surface area (Å²) in [6, 6.07) is 13.4. The number of nitrogens with zero attached hydrogens (tertiary/aromatic N) is 1. The average Bonchev–Trinajstić information content (AvgIpc) is 2.64. The smallest absolute Gasteiger partial charge is 0.226 e. The lowest BCUT2D eigenvalue weighted by atomic mass is 10.1. The van der Waals surface area contributed by atoms with Gasteiger partial charge in [0.15, 0.2) is 0 Å². The second-order valence-corrected chi connectivity index (χ2v) is 6.11. The topological polar surface area (TPSA) is 58.6 Å². The fraction of sp³-hybridized carbons (Fsp3) is 0.333. The highest BCUT2D eigenvalue weighted by molar-refractivity contribution is 5.92. The Hall–Kier alpha value is -2.89. The van der Waals surface area contributed by atoms with Crippen molar-refractivity contribution in [1.29, 1.82) is 0 Å². The molecule has 0 fully saturated rings. The molecule has 0 saturated heterocycles. The Bertz CT molecular complexity index is 762. The number of carbonyl (C=O) groups excluding carboxylic acids is 2. The normalized spacial score (nSPS) is 10.3. The van der Waals surface area contributed by atoms with E-state index in [1.165, 1.54) is 19.1 Å². The van der Waals surface area contributed by atoms with Crippen molar-refractivity contribution in [1.82, 2.24) is 4.90 Å². The molecule has 0 unspecified atom stereocenters. The van der Waals surface area contributed by atoms with Crippen LogP contribution in [0.25, 0.3) is 0 Å². The number of hydrogen-bond acceptors (Lipinski definition) is 3. The van der Waals surface area contributed by atoms with E-state index in [0.29, 0.717) is 37.6 Å². The molecule has 0 aliphatic rings. The molecule has 144 valence electrons. The maximum absolute atomic E-state index is 13.0. The molecule has 2 amide bonds. The standard InChI is InChI=1S/C21H25FN2O3/c1-3-27-20-7-5-4-6-19(20)23-21(26)13-15-24(16(2)25)14-12-17-8-10-18(22)11-9-17/h4-11H,3,12-15H2,1-2H3,(H,23,26). The van der Waals surface area contributed by atoms with E-state index in [9.17, 15) is 14.0 Å². The largest absolute Gasteiger partial charge is 0.492 e. The number of ether oxygens (including phenoxy) is 1. The molecule has 0 aromatic heterocycles. The molecule has 0 bridgehead atoms. The Morgan fingerprint density at radius 1 is 1.07 bits per heavy atom.